The van der Waals surface area contributed by atoms with Gasteiger partial charge in [-0.05, 0) is 40.2 Å². The summed E-state index contributed by atoms with van der Waals surface area (Å²) in [6, 6.07) is 11.9. The van der Waals surface area contributed by atoms with Crippen molar-refractivity contribution in [2.75, 3.05) is 0 Å². The van der Waals surface area contributed by atoms with E-state index in [0.29, 0.717) is 26.6 Å². The number of carbonyl (C=O) groups is 1. The number of amides is 2. The fourth-order valence-electron chi connectivity index (χ4n) is 1.54. The smallest absolute Gasteiger partial charge is 0.332 e. The average Bonchev–Trinajstić information content (AvgIpc) is 2.46. The first-order valence-corrected chi connectivity index (χ1v) is 7.04. The molecule has 0 aliphatic carbocycles. The van der Waals surface area contributed by atoms with Crippen LogP contribution in [0.3, 0.4) is 0 Å². The molecular weight excluding hydrogens is 358 g/mol. The Balaban J connectivity index is 2.36. The van der Waals surface area contributed by atoms with E-state index in [1.54, 1.807) is 24.3 Å². The molecule has 2 rings (SSSR count). The maximum Gasteiger partial charge on any atom is 0.332 e. The van der Waals surface area contributed by atoms with E-state index in [0.717, 1.165) is 0 Å². The summed E-state index contributed by atoms with van der Waals surface area (Å²) in [5.74, 6) is 1.06. The number of nitrogens with one attached hydrogen (secondary N) is 1. The van der Waals surface area contributed by atoms with Gasteiger partial charge in [0.2, 0.25) is 0 Å². The van der Waals surface area contributed by atoms with Crippen LogP contribution in [0.5, 0.6) is 11.5 Å². The quantitative estimate of drug-likeness (QED) is 0.634. The molecule has 0 atom stereocenters. The highest BCUT2D eigenvalue weighted by atomic mass is 79.9. The topological polar surface area (TPSA) is 76.7 Å². The van der Waals surface area contributed by atoms with E-state index >= 15 is 0 Å². The number of rotatable bonds is 4. The van der Waals surface area contributed by atoms with Crippen molar-refractivity contribution in [2.24, 2.45) is 10.8 Å². The number of para-hydroxylation sites is 1. The second-order valence-corrected chi connectivity index (χ2v) is 5.18. The lowest BCUT2D eigenvalue weighted by atomic mass is 10.2. The van der Waals surface area contributed by atoms with E-state index in [9.17, 15) is 4.79 Å². The highest BCUT2D eigenvalue weighted by Gasteiger charge is 2.12. The van der Waals surface area contributed by atoms with Gasteiger partial charge in [-0.1, -0.05) is 29.8 Å². The predicted molar refractivity (Wildman–Crippen MR) is 86.0 cm³/mol. The molecule has 0 unspecified atom stereocenters. The summed E-state index contributed by atoms with van der Waals surface area (Å²) in [4.78, 5) is 10.6. The van der Waals surface area contributed by atoms with Gasteiger partial charge in [0.15, 0.2) is 5.75 Å². The molecule has 2 aromatic rings. The molecule has 0 saturated carbocycles. The van der Waals surface area contributed by atoms with Gasteiger partial charge < -0.3 is 10.5 Å². The molecule has 7 heteroatoms. The lowest BCUT2D eigenvalue weighted by Crippen LogP contribution is -2.24. The van der Waals surface area contributed by atoms with E-state index in [1.807, 2.05) is 18.2 Å². The third-order valence-corrected chi connectivity index (χ3v) is 3.42. The van der Waals surface area contributed by atoms with Crippen LogP contribution >= 0.6 is 27.5 Å². The number of ether oxygens (including phenoxy) is 1. The molecule has 0 heterocycles. The van der Waals surface area contributed by atoms with Crippen molar-refractivity contribution >= 4 is 39.8 Å². The fraction of sp³-hybridized carbons (Fsp3) is 0. The van der Waals surface area contributed by atoms with Gasteiger partial charge in [0, 0.05) is 4.47 Å². The standard InChI is InChI=1S/C14H11BrClN3O2/c15-11-6-7-12(16)13(10(11)8-18-19-14(17)20)21-9-4-2-1-3-5-9/h1-8H,(H3,17,19,20). The molecule has 0 saturated heterocycles. The van der Waals surface area contributed by atoms with Gasteiger partial charge in [-0.15, -0.1) is 0 Å². The molecule has 3 N–H and O–H groups in total. The van der Waals surface area contributed by atoms with Gasteiger partial charge >= 0.3 is 6.03 Å². The van der Waals surface area contributed by atoms with Crippen LogP contribution in [-0.2, 0) is 0 Å². The molecule has 21 heavy (non-hydrogen) atoms. The monoisotopic (exact) mass is 367 g/mol. The Morgan fingerprint density at radius 2 is 2.00 bits per heavy atom. The Bertz CT molecular complexity index is 677. The lowest BCUT2D eigenvalue weighted by Gasteiger charge is -2.11. The zero-order valence-corrected chi connectivity index (χ0v) is 13.1. The predicted octanol–water partition coefficient (Wildman–Crippen LogP) is 3.90. The second kappa shape index (κ2) is 7.10. The second-order valence-electron chi connectivity index (χ2n) is 3.92. The summed E-state index contributed by atoms with van der Waals surface area (Å²) in [5.41, 5.74) is 7.66. The number of carbonyl (C=O) groups excluding carboxylic acids is 1. The van der Waals surface area contributed by atoms with Gasteiger partial charge in [-0.3, -0.25) is 0 Å². The maximum atomic E-state index is 10.6. The Morgan fingerprint density at radius 3 is 2.67 bits per heavy atom. The van der Waals surface area contributed by atoms with Crippen molar-refractivity contribution in [2.45, 2.75) is 0 Å². The third kappa shape index (κ3) is 4.21. The molecule has 0 bridgehead atoms. The molecule has 2 aromatic carbocycles. The average molecular weight is 369 g/mol. The van der Waals surface area contributed by atoms with Crippen LogP contribution in [0.1, 0.15) is 5.56 Å². The van der Waals surface area contributed by atoms with E-state index in [2.05, 4.69) is 26.5 Å². The summed E-state index contributed by atoms with van der Waals surface area (Å²) in [7, 11) is 0. The van der Waals surface area contributed by atoms with E-state index in [1.165, 1.54) is 6.21 Å². The minimum absolute atomic E-state index is 0.419. The number of hydrogen-bond donors (Lipinski definition) is 2. The van der Waals surface area contributed by atoms with E-state index in [4.69, 9.17) is 22.1 Å². The van der Waals surface area contributed by atoms with Crippen LogP contribution in [-0.4, -0.2) is 12.2 Å². The third-order valence-electron chi connectivity index (χ3n) is 2.43. The Kier molecular flexibility index (Phi) is 5.19. The van der Waals surface area contributed by atoms with Crippen molar-refractivity contribution in [3.05, 3.63) is 57.5 Å². The van der Waals surface area contributed by atoms with E-state index in [-0.39, 0.29) is 0 Å². The van der Waals surface area contributed by atoms with Gasteiger partial charge in [0.05, 0.1) is 16.8 Å². The summed E-state index contributed by atoms with van der Waals surface area (Å²) < 4.78 is 6.50. The van der Waals surface area contributed by atoms with Crippen LogP contribution in [0, 0.1) is 0 Å². The molecule has 0 radical (unpaired) electrons. The molecule has 0 aliphatic rings. The summed E-state index contributed by atoms with van der Waals surface area (Å²) in [6.45, 7) is 0. The molecule has 0 spiro atoms. The fourth-order valence-corrected chi connectivity index (χ4v) is 2.16. The van der Waals surface area contributed by atoms with Gasteiger partial charge in [0.25, 0.3) is 0 Å². The number of hydrazone groups is 1. The number of halogens is 2. The minimum atomic E-state index is -0.755. The van der Waals surface area contributed by atoms with Crippen LogP contribution in [0.2, 0.25) is 5.02 Å². The van der Waals surface area contributed by atoms with Crippen molar-refractivity contribution in [3.8, 4) is 11.5 Å². The number of urea groups is 1. The summed E-state index contributed by atoms with van der Waals surface area (Å²) in [5, 5.41) is 4.15. The largest absolute Gasteiger partial charge is 0.455 e. The number of nitrogens with two attached hydrogens (primary N) is 1. The first kappa shape index (κ1) is 15.3. The van der Waals surface area contributed by atoms with Crippen molar-refractivity contribution in [1.29, 1.82) is 0 Å². The normalized spacial score (nSPS) is 10.6. The number of hydrogen-bond acceptors (Lipinski definition) is 3. The molecule has 5 nitrogen and oxygen atoms in total. The summed E-state index contributed by atoms with van der Waals surface area (Å²) >= 11 is 9.56. The molecule has 0 aromatic heterocycles. The van der Waals surface area contributed by atoms with E-state index < -0.39 is 6.03 Å². The van der Waals surface area contributed by atoms with Crippen LogP contribution in [0.25, 0.3) is 0 Å². The highest BCUT2D eigenvalue weighted by molar-refractivity contribution is 9.10. The molecule has 0 fully saturated rings. The zero-order chi connectivity index (χ0) is 15.2. The Labute approximate surface area is 134 Å². The van der Waals surface area contributed by atoms with Gasteiger partial charge in [0.1, 0.15) is 5.75 Å². The zero-order valence-electron chi connectivity index (χ0n) is 10.7. The van der Waals surface area contributed by atoms with Crippen LogP contribution in [0.15, 0.2) is 52.0 Å². The molecular formula is C14H11BrClN3O2. The molecule has 0 aliphatic heterocycles. The minimum Gasteiger partial charge on any atom is -0.455 e. The SMILES string of the molecule is NC(=O)NN=Cc1c(Br)ccc(Cl)c1Oc1ccccc1. The van der Waals surface area contributed by atoms with Crippen LogP contribution in [0.4, 0.5) is 4.79 Å². The Morgan fingerprint density at radius 1 is 1.29 bits per heavy atom. The van der Waals surface area contributed by atoms with Gasteiger partial charge in [-0.2, -0.15) is 5.10 Å². The first-order chi connectivity index (χ1) is 10.1. The van der Waals surface area contributed by atoms with Gasteiger partial charge in [-0.25, -0.2) is 10.2 Å². The Hall–Kier alpha value is -2.05. The number of nitrogens with zero attached hydrogens (tertiary/aromatic N) is 1. The first-order valence-electron chi connectivity index (χ1n) is 5.87. The maximum absolute atomic E-state index is 10.6. The molecule has 108 valence electrons. The van der Waals surface area contributed by atoms with Crippen molar-refractivity contribution < 1.29 is 9.53 Å². The molecule has 2 amide bonds. The lowest BCUT2D eigenvalue weighted by molar-refractivity contribution is 0.249. The number of benzene rings is 2. The number of primary amides is 1. The highest BCUT2D eigenvalue weighted by Crippen LogP contribution is 2.36. The summed E-state index contributed by atoms with van der Waals surface area (Å²) in [6.07, 6.45) is 1.40. The van der Waals surface area contributed by atoms with Crippen molar-refractivity contribution in [3.63, 3.8) is 0 Å². The van der Waals surface area contributed by atoms with Crippen LogP contribution < -0.4 is 15.9 Å². The van der Waals surface area contributed by atoms with Crippen molar-refractivity contribution in [1.82, 2.24) is 5.43 Å².